The van der Waals surface area contributed by atoms with Gasteiger partial charge in [-0.05, 0) is 37.7 Å². The Hall–Kier alpha value is -3.44. The van der Waals surface area contributed by atoms with Gasteiger partial charge >= 0.3 is 0 Å². The molecule has 0 amide bonds. The van der Waals surface area contributed by atoms with Crippen LogP contribution in [0, 0.1) is 0 Å². The van der Waals surface area contributed by atoms with Crippen LogP contribution in [-0.4, -0.2) is 136 Å². The van der Waals surface area contributed by atoms with E-state index in [4.69, 9.17) is 38.1 Å². The molecule has 15 nitrogen and oxygen atoms in total. The van der Waals surface area contributed by atoms with Crippen molar-refractivity contribution in [3.05, 3.63) is 41.7 Å². The Labute approximate surface area is 294 Å². The first-order valence-corrected chi connectivity index (χ1v) is 17.7. The highest BCUT2D eigenvalue weighted by Crippen LogP contribution is 2.29. The maximum Gasteiger partial charge on any atom is 0.213 e. The van der Waals surface area contributed by atoms with Crippen molar-refractivity contribution in [2.24, 2.45) is 0 Å². The Balaban J connectivity index is 1.06. The number of carbonyl (C=O) groups is 1. The van der Waals surface area contributed by atoms with E-state index in [2.05, 4.69) is 33.3 Å². The van der Waals surface area contributed by atoms with Gasteiger partial charge in [0.15, 0.2) is 5.65 Å². The van der Waals surface area contributed by atoms with Crippen LogP contribution in [0.4, 0.5) is 11.6 Å². The Morgan fingerprint density at radius 2 is 1.54 bits per heavy atom. The molecule has 3 aromatic rings. The molecule has 3 aromatic heterocycles. The van der Waals surface area contributed by atoms with Gasteiger partial charge < -0.3 is 53.3 Å². The number of rotatable bonds is 28. The lowest BCUT2D eigenvalue weighted by Gasteiger charge is -2.36. The smallest absolute Gasteiger partial charge is 0.213 e. The molecule has 0 radical (unpaired) electrons. The summed E-state index contributed by atoms with van der Waals surface area (Å²) in [6.45, 7) is 9.33. The number of nitrogens with one attached hydrogen (secondary N) is 1. The van der Waals surface area contributed by atoms with Gasteiger partial charge in [0.05, 0.1) is 78.9 Å². The van der Waals surface area contributed by atoms with Gasteiger partial charge in [-0.25, -0.2) is 9.97 Å². The second-order valence-corrected chi connectivity index (χ2v) is 11.6. The number of aliphatic hydroxyl groups is 1. The summed E-state index contributed by atoms with van der Waals surface area (Å²) in [7, 11) is 0. The van der Waals surface area contributed by atoms with Crippen LogP contribution in [0.3, 0.4) is 0 Å². The molecule has 1 aliphatic heterocycles. The fourth-order valence-corrected chi connectivity index (χ4v) is 5.50. The van der Waals surface area contributed by atoms with Crippen LogP contribution in [0.25, 0.3) is 5.65 Å². The highest BCUT2D eigenvalue weighted by molar-refractivity contribution is 5.61. The minimum Gasteiger partial charge on any atom is -0.475 e. The number of hydrogen-bond acceptors (Lipinski definition) is 14. The molecule has 1 aliphatic rings. The van der Waals surface area contributed by atoms with E-state index in [-0.39, 0.29) is 19.3 Å². The minimum absolute atomic E-state index is 0.0950. The van der Waals surface area contributed by atoms with E-state index in [1.807, 2.05) is 22.8 Å². The maximum absolute atomic E-state index is 10.1. The predicted octanol–water partition coefficient (Wildman–Crippen LogP) is 2.72. The van der Waals surface area contributed by atoms with Gasteiger partial charge in [0, 0.05) is 49.6 Å². The number of aliphatic hydroxyl groups excluding tert-OH is 1. The molecule has 0 saturated carbocycles. The molecule has 15 heteroatoms. The Morgan fingerprint density at radius 1 is 0.880 bits per heavy atom. The molecule has 1 atom stereocenters. The lowest BCUT2D eigenvalue weighted by Crippen LogP contribution is -2.40. The molecule has 1 fully saturated rings. The highest BCUT2D eigenvalue weighted by atomic mass is 16.6. The first-order valence-electron chi connectivity index (χ1n) is 17.7. The average Bonchev–Trinajstić information content (AvgIpc) is 3.57. The van der Waals surface area contributed by atoms with Crippen LogP contribution >= 0.6 is 0 Å². The zero-order valence-electron chi connectivity index (χ0n) is 29.3. The van der Waals surface area contributed by atoms with Gasteiger partial charge in [0.25, 0.3) is 0 Å². The standard InChI is InChI=1S/C35H54N6O9/c1-2-30-28-38-41-32(25-33(39-35(30)41)40-9-4-3-5-31(40)8-10-42)36-26-29-6-7-34(37-27-29)50-24-23-49-22-21-48-20-19-47-18-17-46-16-15-45-14-13-44-12-11-43/h6-7,11,25,27-28,31,36,42H,2-5,8-10,12-24,26H2,1H3/t31-/m0/s1. The molecule has 0 aromatic carbocycles. The largest absolute Gasteiger partial charge is 0.475 e. The molecular formula is C35H54N6O9. The summed E-state index contributed by atoms with van der Waals surface area (Å²) in [6, 6.07) is 6.20. The van der Waals surface area contributed by atoms with E-state index < -0.39 is 0 Å². The van der Waals surface area contributed by atoms with Crippen LogP contribution in [0.5, 0.6) is 5.88 Å². The second-order valence-electron chi connectivity index (χ2n) is 11.6. The molecule has 4 heterocycles. The number of hydrogen-bond donors (Lipinski definition) is 2. The van der Waals surface area contributed by atoms with Crippen LogP contribution in [0.15, 0.2) is 30.6 Å². The monoisotopic (exact) mass is 702 g/mol. The fourth-order valence-electron chi connectivity index (χ4n) is 5.50. The van der Waals surface area contributed by atoms with Crippen molar-refractivity contribution in [2.75, 3.05) is 109 Å². The molecular weight excluding hydrogens is 648 g/mol. The van der Waals surface area contributed by atoms with Crippen molar-refractivity contribution in [3.63, 3.8) is 0 Å². The molecule has 4 rings (SSSR count). The average molecular weight is 703 g/mol. The van der Waals surface area contributed by atoms with E-state index in [1.165, 1.54) is 6.42 Å². The summed E-state index contributed by atoms with van der Waals surface area (Å²) in [6.07, 6.45) is 9.35. The highest BCUT2D eigenvalue weighted by Gasteiger charge is 2.25. The number of carbonyl (C=O) groups excluding carboxylic acids is 1. The van der Waals surface area contributed by atoms with Crippen molar-refractivity contribution in [2.45, 2.75) is 51.6 Å². The summed E-state index contributed by atoms with van der Waals surface area (Å²) < 4.78 is 39.9. The number of piperidine rings is 1. The van der Waals surface area contributed by atoms with Crippen molar-refractivity contribution >= 4 is 23.6 Å². The summed E-state index contributed by atoms with van der Waals surface area (Å²) >= 11 is 0. The number of ether oxygens (including phenoxy) is 7. The molecule has 0 spiro atoms. The summed E-state index contributed by atoms with van der Waals surface area (Å²) in [5.74, 6) is 2.33. The lowest BCUT2D eigenvalue weighted by atomic mass is 9.99. The predicted molar refractivity (Wildman–Crippen MR) is 187 cm³/mol. The van der Waals surface area contributed by atoms with E-state index in [9.17, 15) is 9.90 Å². The van der Waals surface area contributed by atoms with Crippen LogP contribution in [-0.2, 0) is 46.2 Å². The van der Waals surface area contributed by atoms with Crippen LogP contribution < -0.4 is 15.0 Å². The molecule has 50 heavy (non-hydrogen) atoms. The molecule has 1 saturated heterocycles. The number of aromatic nitrogens is 4. The Kier molecular flexibility index (Phi) is 18.8. The van der Waals surface area contributed by atoms with E-state index in [0.29, 0.717) is 98.0 Å². The lowest BCUT2D eigenvalue weighted by molar-refractivity contribution is -0.112. The van der Waals surface area contributed by atoms with E-state index in [0.717, 1.165) is 60.6 Å². The number of aldehydes is 1. The molecule has 0 aliphatic carbocycles. The summed E-state index contributed by atoms with van der Waals surface area (Å²) in [5.41, 5.74) is 2.97. The van der Waals surface area contributed by atoms with Gasteiger partial charge in [-0.2, -0.15) is 9.61 Å². The number of aryl methyl sites for hydroxylation is 1. The second kappa shape index (κ2) is 23.9. The zero-order chi connectivity index (χ0) is 35.1. The Morgan fingerprint density at radius 3 is 2.14 bits per heavy atom. The first kappa shape index (κ1) is 39.3. The molecule has 0 bridgehead atoms. The van der Waals surface area contributed by atoms with Gasteiger partial charge in [0.2, 0.25) is 5.88 Å². The summed E-state index contributed by atoms with van der Waals surface area (Å²) in [5, 5.41) is 17.8. The zero-order valence-corrected chi connectivity index (χ0v) is 29.3. The maximum atomic E-state index is 10.1. The number of fused-ring (bicyclic) bond motifs is 1. The van der Waals surface area contributed by atoms with E-state index in [1.54, 1.807) is 6.20 Å². The van der Waals surface area contributed by atoms with Gasteiger partial charge in [-0.1, -0.05) is 13.0 Å². The Bertz CT molecular complexity index is 1340. The van der Waals surface area contributed by atoms with Crippen LogP contribution in [0.1, 0.15) is 43.7 Å². The van der Waals surface area contributed by atoms with Gasteiger partial charge in [0.1, 0.15) is 31.1 Å². The van der Waals surface area contributed by atoms with Crippen molar-refractivity contribution in [1.29, 1.82) is 0 Å². The normalized spacial score (nSPS) is 14.8. The fraction of sp³-hybridized carbons (Fsp3) is 0.657. The third-order valence-electron chi connectivity index (χ3n) is 8.09. The van der Waals surface area contributed by atoms with E-state index >= 15 is 0 Å². The first-order chi connectivity index (χ1) is 24.7. The van der Waals surface area contributed by atoms with Gasteiger partial charge in [-0.3, -0.25) is 0 Å². The topological polar surface area (TPSA) is 160 Å². The number of nitrogens with zero attached hydrogens (tertiary/aromatic N) is 5. The van der Waals surface area contributed by atoms with Crippen molar-refractivity contribution in [3.8, 4) is 5.88 Å². The minimum atomic E-state index is 0.0950. The number of pyridine rings is 1. The summed E-state index contributed by atoms with van der Waals surface area (Å²) in [4.78, 5) is 21.9. The van der Waals surface area contributed by atoms with Crippen LogP contribution in [0.2, 0.25) is 0 Å². The quantitative estimate of drug-likeness (QED) is 0.0840. The third kappa shape index (κ3) is 13.7. The SMILES string of the molecule is CCc1cnn2c(NCc3ccc(OCCOCCOCCOCCOCCOCCOCC=O)nc3)cc(N3CCCC[C@H]3CCO)nc12. The molecule has 278 valence electrons. The molecule has 0 unspecified atom stereocenters. The molecule has 2 N–H and O–H groups in total. The number of anilines is 2. The van der Waals surface area contributed by atoms with Crippen molar-refractivity contribution < 1.29 is 43.1 Å². The third-order valence-corrected chi connectivity index (χ3v) is 8.09. The van der Waals surface area contributed by atoms with Crippen molar-refractivity contribution in [1.82, 2.24) is 19.6 Å². The van der Waals surface area contributed by atoms with Gasteiger partial charge in [-0.15, -0.1) is 0 Å².